The molecule has 2 aromatic rings. The highest BCUT2D eigenvalue weighted by molar-refractivity contribution is 5.90. The summed E-state index contributed by atoms with van der Waals surface area (Å²) in [5, 5.41) is 0. The lowest BCUT2D eigenvalue weighted by Gasteiger charge is -2.19. The number of carbonyl (C=O) groups is 2. The van der Waals surface area contributed by atoms with Crippen molar-refractivity contribution in [1.82, 2.24) is 9.97 Å². The quantitative estimate of drug-likeness (QED) is 0.532. The number of esters is 1. The number of aldehydes is 1. The van der Waals surface area contributed by atoms with Crippen molar-refractivity contribution in [2.45, 2.75) is 79.8 Å². The molecule has 0 amide bonds. The molecule has 2 aromatic heterocycles. The summed E-state index contributed by atoms with van der Waals surface area (Å²) in [5.74, 6) is -0.322. The van der Waals surface area contributed by atoms with Crippen molar-refractivity contribution in [3.8, 4) is 0 Å². The summed E-state index contributed by atoms with van der Waals surface area (Å²) in [6, 6.07) is 0. The van der Waals surface area contributed by atoms with E-state index in [0.29, 0.717) is 17.8 Å². The van der Waals surface area contributed by atoms with Crippen molar-refractivity contribution >= 4 is 12.3 Å². The van der Waals surface area contributed by atoms with E-state index in [2.05, 4.69) is 16.9 Å². The molecule has 148 valence electrons. The Bertz CT molecular complexity index is 835. The minimum absolute atomic E-state index is 0.322. The second-order valence-corrected chi connectivity index (χ2v) is 8.25. The fraction of sp³-hybridized carbons (Fsp3) is 0.545. The SMILES string of the molecule is CCCCc1c(Cc2[nH]c(C=O)c(C)c2C)[nH]c(C(=O)OC(C)(C)C)c1C. The first-order chi connectivity index (χ1) is 12.6. The van der Waals surface area contributed by atoms with Gasteiger partial charge in [0.05, 0.1) is 5.69 Å². The van der Waals surface area contributed by atoms with E-state index < -0.39 is 5.60 Å². The highest BCUT2D eigenvalue weighted by Crippen LogP contribution is 2.27. The Morgan fingerprint density at radius 1 is 1.04 bits per heavy atom. The zero-order chi connectivity index (χ0) is 20.4. The van der Waals surface area contributed by atoms with Crippen LogP contribution in [0.1, 0.15) is 95.2 Å². The van der Waals surface area contributed by atoms with Crippen LogP contribution in [-0.4, -0.2) is 27.8 Å². The molecule has 5 nitrogen and oxygen atoms in total. The number of nitrogens with one attached hydrogen (secondary N) is 2. The van der Waals surface area contributed by atoms with Crippen molar-refractivity contribution in [2.75, 3.05) is 0 Å². The minimum atomic E-state index is -0.537. The molecule has 0 atom stereocenters. The minimum Gasteiger partial charge on any atom is -0.455 e. The third kappa shape index (κ3) is 4.71. The van der Waals surface area contributed by atoms with Gasteiger partial charge in [-0.2, -0.15) is 0 Å². The van der Waals surface area contributed by atoms with Gasteiger partial charge in [0.15, 0.2) is 6.29 Å². The molecule has 0 unspecified atom stereocenters. The molecule has 2 N–H and O–H groups in total. The maximum Gasteiger partial charge on any atom is 0.355 e. The summed E-state index contributed by atoms with van der Waals surface area (Å²) in [6.07, 6.45) is 4.54. The Morgan fingerprint density at radius 2 is 1.70 bits per heavy atom. The molecule has 0 aromatic carbocycles. The number of hydrogen-bond donors (Lipinski definition) is 2. The van der Waals surface area contributed by atoms with Crippen LogP contribution in [0.5, 0.6) is 0 Å². The number of aromatic amines is 2. The van der Waals surface area contributed by atoms with Crippen LogP contribution >= 0.6 is 0 Å². The number of ether oxygens (including phenoxy) is 1. The van der Waals surface area contributed by atoms with Crippen LogP contribution in [0.2, 0.25) is 0 Å². The number of unbranched alkanes of at least 4 members (excludes halogenated alkanes) is 1. The van der Waals surface area contributed by atoms with Crippen molar-refractivity contribution < 1.29 is 14.3 Å². The molecule has 0 saturated carbocycles. The van der Waals surface area contributed by atoms with Gasteiger partial charge < -0.3 is 14.7 Å². The van der Waals surface area contributed by atoms with Gasteiger partial charge in [0.2, 0.25) is 0 Å². The number of hydrogen-bond acceptors (Lipinski definition) is 3. The van der Waals surface area contributed by atoms with Gasteiger partial charge in [-0.15, -0.1) is 0 Å². The van der Waals surface area contributed by atoms with Crippen LogP contribution in [0.15, 0.2) is 0 Å². The fourth-order valence-electron chi connectivity index (χ4n) is 3.32. The van der Waals surface area contributed by atoms with Gasteiger partial charge in [-0.3, -0.25) is 4.79 Å². The predicted octanol–water partition coefficient (Wildman–Crippen LogP) is 4.97. The standard InChI is InChI=1S/C22H32N2O3/c1-8-9-10-16-15(4)20(21(26)27-22(5,6)7)24-18(16)11-17-13(2)14(3)19(12-25)23-17/h12,23-24H,8-11H2,1-7H3. The topological polar surface area (TPSA) is 75.0 Å². The Morgan fingerprint density at radius 3 is 2.22 bits per heavy atom. The van der Waals surface area contributed by atoms with Crippen molar-refractivity contribution in [1.29, 1.82) is 0 Å². The first kappa shape index (κ1) is 21.0. The Balaban J connectivity index is 2.43. The molecule has 5 heteroatoms. The van der Waals surface area contributed by atoms with Gasteiger partial charge >= 0.3 is 5.97 Å². The highest BCUT2D eigenvalue weighted by atomic mass is 16.6. The summed E-state index contributed by atoms with van der Waals surface area (Å²) in [6.45, 7) is 13.7. The van der Waals surface area contributed by atoms with Gasteiger partial charge in [-0.25, -0.2) is 4.79 Å². The third-order valence-electron chi connectivity index (χ3n) is 5.03. The third-order valence-corrected chi connectivity index (χ3v) is 5.03. The van der Waals surface area contributed by atoms with Crippen molar-refractivity contribution in [3.05, 3.63) is 45.0 Å². The van der Waals surface area contributed by atoms with Gasteiger partial charge in [0.25, 0.3) is 0 Å². The molecule has 0 radical (unpaired) electrons. The van der Waals surface area contributed by atoms with E-state index in [1.807, 2.05) is 41.5 Å². The van der Waals surface area contributed by atoms with Crippen LogP contribution in [-0.2, 0) is 17.6 Å². The number of H-pyrrole nitrogens is 2. The second-order valence-electron chi connectivity index (χ2n) is 8.25. The largest absolute Gasteiger partial charge is 0.455 e. The number of carbonyl (C=O) groups excluding carboxylic acids is 2. The van der Waals surface area contributed by atoms with E-state index >= 15 is 0 Å². The summed E-state index contributed by atoms with van der Waals surface area (Å²) in [4.78, 5) is 30.4. The Hall–Kier alpha value is -2.30. The fourth-order valence-corrected chi connectivity index (χ4v) is 3.32. The van der Waals surface area contributed by atoms with Crippen molar-refractivity contribution in [3.63, 3.8) is 0 Å². The maximum absolute atomic E-state index is 12.6. The lowest BCUT2D eigenvalue weighted by atomic mass is 10.00. The van der Waals surface area contributed by atoms with Gasteiger partial charge in [-0.05, 0) is 76.6 Å². The predicted molar refractivity (Wildman–Crippen MR) is 108 cm³/mol. The number of aromatic nitrogens is 2. The van der Waals surface area contributed by atoms with E-state index in [-0.39, 0.29) is 5.97 Å². The van der Waals surface area contributed by atoms with Crippen LogP contribution in [0.25, 0.3) is 0 Å². The molecule has 0 fully saturated rings. The zero-order valence-electron chi connectivity index (χ0n) is 17.6. The molecule has 27 heavy (non-hydrogen) atoms. The van der Waals surface area contributed by atoms with Gasteiger partial charge in [-0.1, -0.05) is 13.3 Å². The van der Waals surface area contributed by atoms with Crippen LogP contribution in [0, 0.1) is 20.8 Å². The second kappa shape index (κ2) is 8.15. The van der Waals surface area contributed by atoms with Crippen LogP contribution in [0.3, 0.4) is 0 Å². The molecule has 0 saturated heterocycles. The molecule has 2 heterocycles. The van der Waals surface area contributed by atoms with E-state index in [0.717, 1.165) is 53.6 Å². The average molecular weight is 373 g/mol. The van der Waals surface area contributed by atoms with Gasteiger partial charge in [0.1, 0.15) is 11.3 Å². The molecular weight excluding hydrogens is 340 g/mol. The first-order valence-electron chi connectivity index (χ1n) is 9.65. The summed E-state index contributed by atoms with van der Waals surface area (Å²) < 4.78 is 5.57. The summed E-state index contributed by atoms with van der Waals surface area (Å²) in [7, 11) is 0. The average Bonchev–Trinajstić information content (AvgIpc) is 3.03. The molecular formula is C22H32N2O3. The first-order valence-corrected chi connectivity index (χ1v) is 9.65. The van der Waals surface area contributed by atoms with Crippen LogP contribution < -0.4 is 0 Å². The van der Waals surface area contributed by atoms with E-state index in [1.54, 1.807) is 0 Å². The molecule has 0 aliphatic carbocycles. The maximum atomic E-state index is 12.6. The van der Waals surface area contributed by atoms with Crippen LogP contribution in [0.4, 0.5) is 0 Å². The molecule has 0 bridgehead atoms. The van der Waals surface area contributed by atoms with Gasteiger partial charge in [0, 0.05) is 17.8 Å². The number of rotatable bonds is 7. The lowest BCUT2D eigenvalue weighted by molar-refractivity contribution is 0.00625. The summed E-state index contributed by atoms with van der Waals surface area (Å²) >= 11 is 0. The van der Waals surface area contributed by atoms with E-state index in [4.69, 9.17) is 4.74 Å². The Labute approximate surface area is 161 Å². The summed E-state index contributed by atoms with van der Waals surface area (Å²) in [5.41, 5.74) is 6.84. The monoisotopic (exact) mass is 372 g/mol. The normalized spacial score (nSPS) is 11.7. The van der Waals surface area contributed by atoms with Crippen molar-refractivity contribution in [2.24, 2.45) is 0 Å². The lowest BCUT2D eigenvalue weighted by Crippen LogP contribution is -2.24. The molecule has 0 aliphatic heterocycles. The molecule has 2 rings (SSSR count). The van der Waals surface area contributed by atoms with E-state index in [1.165, 1.54) is 5.56 Å². The van der Waals surface area contributed by atoms with E-state index in [9.17, 15) is 9.59 Å². The smallest absolute Gasteiger partial charge is 0.355 e. The molecule has 0 aliphatic rings. The Kier molecular flexibility index (Phi) is 6.34. The molecule has 0 spiro atoms. The zero-order valence-corrected chi connectivity index (χ0v) is 17.6. The highest BCUT2D eigenvalue weighted by Gasteiger charge is 2.25.